The number of thiophene rings is 1. The average Bonchev–Trinajstić information content (AvgIpc) is 3.15. The molecular weight excluding hydrogens is 354 g/mol. The second kappa shape index (κ2) is 5.79. The molecule has 5 rings (SSSR count). The molecule has 1 aliphatic heterocycles. The Bertz CT molecular complexity index is 1230. The molecular formula is C22H19N3OS. The third kappa shape index (κ3) is 2.42. The van der Waals surface area contributed by atoms with Gasteiger partial charge < -0.3 is 10.6 Å². The largest absolute Gasteiger partial charge is 0.397 e. The summed E-state index contributed by atoms with van der Waals surface area (Å²) in [7, 11) is 0. The Labute approximate surface area is 161 Å². The summed E-state index contributed by atoms with van der Waals surface area (Å²) < 4.78 is 0. The Morgan fingerprint density at radius 2 is 2.04 bits per heavy atom. The Kier molecular flexibility index (Phi) is 3.49. The van der Waals surface area contributed by atoms with Crippen molar-refractivity contribution in [1.29, 1.82) is 0 Å². The molecule has 3 heterocycles. The maximum absolute atomic E-state index is 13.4. The predicted octanol–water partition coefficient (Wildman–Crippen LogP) is 4.93. The standard InChI is InChI=1S/C22H19N3OS/c1-12-7-8-14-11-16-19(23)20(27-21(16)24-17(14)9-12)22(26)25-13(2)10-15-5-3-4-6-18(15)25/h3-9,11,13H,10,23H2,1-2H3. The molecule has 0 saturated carbocycles. The number of nitrogen functional groups attached to an aromatic ring is 1. The van der Waals surface area contributed by atoms with Gasteiger partial charge in [0.05, 0.1) is 11.2 Å². The van der Waals surface area contributed by atoms with Gasteiger partial charge in [-0.15, -0.1) is 11.3 Å². The highest BCUT2D eigenvalue weighted by Gasteiger charge is 2.33. The lowest BCUT2D eigenvalue weighted by Crippen LogP contribution is -2.35. The summed E-state index contributed by atoms with van der Waals surface area (Å²) in [6, 6.07) is 16.4. The SMILES string of the molecule is Cc1ccc2cc3c(N)c(C(=O)N4c5ccccc5CC4C)sc3nc2c1. The highest BCUT2D eigenvalue weighted by molar-refractivity contribution is 7.21. The Morgan fingerprint density at radius 3 is 2.89 bits per heavy atom. The number of carbonyl (C=O) groups is 1. The van der Waals surface area contributed by atoms with Crippen LogP contribution in [0.2, 0.25) is 0 Å². The van der Waals surface area contributed by atoms with E-state index in [0.29, 0.717) is 10.6 Å². The molecule has 0 bridgehead atoms. The van der Waals surface area contributed by atoms with Crippen molar-refractivity contribution in [2.75, 3.05) is 10.6 Å². The highest BCUT2D eigenvalue weighted by atomic mass is 32.1. The van der Waals surface area contributed by atoms with Crippen LogP contribution in [0.4, 0.5) is 11.4 Å². The van der Waals surface area contributed by atoms with E-state index < -0.39 is 0 Å². The molecule has 27 heavy (non-hydrogen) atoms. The average molecular weight is 373 g/mol. The molecule has 5 heteroatoms. The number of fused-ring (bicyclic) bond motifs is 3. The smallest absolute Gasteiger partial charge is 0.270 e. The third-order valence-electron chi connectivity index (χ3n) is 5.29. The van der Waals surface area contributed by atoms with Crippen LogP contribution < -0.4 is 10.6 Å². The molecule has 4 aromatic rings. The van der Waals surface area contributed by atoms with E-state index in [1.165, 1.54) is 16.9 Å². The number of benzene rings is 2. The van der Waals surface area contributed by atoms with Gasteiger partial charge in [-0.1, -0.05) is 30.3 Å². The van der Waals surface area contributed by atoms with Crippen molar-refractivity contribution in [1.82, 2.24) is 4.98 Å². The molecule has 2 aromatic carbocycles. The number of hydrogen-bond acceptors (Lipinski definition) is 4. The summed E-state index contributed by atoms with van der Waals surface area (Å²) in [4.78, 5) is 21.4. The quantitative estimate of drug-likeness (QED) is 0.514. The van der Waals surface area contributed by atoms with Crippen LogP contribution in [0.25, 0.3) is 21.1 Å². The first-order valence-electron chi connectivity index (χ1n) is 9.04. The number of para-hydroxylation sites is 1. The van der Waals surface area contributed by atoms with Crippen molar-refractivity contribution in [2.24, 2.45) is 0 Å². The maximum atomic E-state index is 13.4. The molecule has 1 amide bonds. The lowest BCUT2D eigenvalue weighted by molar-refractivity contribution is 0.0986. The summed E-state index contributed by atoms with van der Waals surface area (Å²) >= 11 is 1.39. The lowest BCUT2D eigenvalue weighted by Gasteiger charge is -2.22. The van der Waals surface area contributed by atoms with Crippen LogP contribution in [0.1, 0.15) is 27.7 Å². The molecule has 4 nitrogen and oxygen atoms in total. The first kappa shape index (κ1) is 16.3. The summed E-state index contributed by atoms with van der Waals surface area (Å²) in [5.74, 6) is -0.0341. The number of hydrogen-bond donors (Lipinski definition) is 1. The van der Waals surface area contributed by atoms with Crippen LogP contribution in [0.5, 0.6) is 0 Å². The lowest BCUT2D eigenvalue weighted by atomic mass is 10.1. The molecule has 0 aliphatic carbocycles. The van der Waals surface area contributed by atoms with Crippen molar-refractivity contribution in [3.05, 3.63) is 64.5 Å². The van der Waals surface area contributed by atoms with Gasteiger partial charge >= 0.3 is 0 Å². The Morgan fingerprint density at radius 1 is 1.22 bits per heavy atom. The second-order valence-electron chi connectivity index (χ2n) is 7.24. The Hall–Kier alpha value is -2.92. The van der Waals surface area contributed by atoms with Crippen molar-refractivity contribution in [3.8, 4) is 0 Å². The molecule has 2 N–H and O–H groups in total. The monoisotopic (exact) mass is 373 g/mol. The van der Waals surface area contributed by atoms with Crippen LogP contribution in [-0.2, 0) is 6.42 Å². The van der Waals surface area contributed by atoms with E-state index in [1.54, 1.807) is 0 Å². The van der Waals surface area contributed by atoms with E-state index in [0.717, 1.165) is 38.8 Å². The van der Waals surface area contributed by atoms with Crippen molar-refractivity contribution < 1.29 is 4.79 Å². The zero-order chi connectivity index (χ0) is 18.7. The van der Waals surface area contributed by atoms with E-state index in [9.17, 15) is 4.79 Å². The molecule has 0 fully saturated rings. The van der Waals surface area contributed by atoms with E-state index in [1.807, 2.05) is 29.2 Å². The van der Waals surface area contributed by atoms with Gasteiger partial charge in [-0.05, 0) is 49.6 Å². The van der Waals surface area contributed by atoms with Gasteiger partial charge in [0.2, 0.25) is 0 Å². The normalized spacial score (nSPS) is 16.2. The second-order valence-corrected chi connectivity index (χ2v) is 8.24. The topological polar surface area (TPSA) is 59.2 Å². The summed E-state index contributed by atoms with van der Waals surface area (Å²) in [5.41, 5.74) is 11.2. The number of aromatic nitrogens is 1. The van der Waals surface area contributed by atoms with E-state index in [4.69, 9.17) is 10.7 Å². The maximum Gasteiger partial charge on any atom is 0.270 e. The molecule has 134 valence electrons. The number of amides is 1. The van der Waals surface area contributed by atoms with Crippen molar-refractivity contribution in [3.63, 3.8) is 0 Å². The number of pyridine rings is 1. The summed E-state index contributed by atoms with van der Waals surface area (Å²) in [5, 5.41) is 1.90. The first-order chi connectivity index (χ1) is 13.0. The third-order valence-corrected chi connectivity index (χ3v) is 6.40. The predicted molar refractivity (Wildman–Crippen MR) is 113 cm³/mol. The highest BCUT2D eigenvalue weighted by Crippen LogP contribution is 2.39. The van der Waals surface area contributed by atoms with Crippen LogP contribution in [-0.4, -0.2) is 16.9 Å². The van der Waals surface area contributed by atoms with Gasteiger partial charge in [0.1, 0.15) is 9.71 Å². The van der Waals surface area contributed by atoms with Gasteiger partial charge in [0.15, 0.2) is 0 Å². The molecule has 1 atom stereocenters. The van der Waals surface area contributed by atoms with Gasteiger partial charge in [0.25, 0.3) is 5.91 Å². The summed E-state index contributed by atoms with van der Waals surface area (Å²) in [6.45, 7) is 4.13. The van der Waals surface area contributed by atoms with Crippen LogP contribution >= 0.6 is 11.3 Å². The van der Waals surface area contributed by atoms with Crippen molar-refractivity contribution in [2.45, 2.75) is 26.3 Å². The van der Waals surface area contributed by atoms with Gasteiger partial charge in [0, 0.05) is 22.5 Å². The minimum Gasteiger partial charge on any atom is -0.397 e. The number of carbonyl (C=O) groups excluding carboxylic acids is 1. The van der Waals surface area contributed by atoms with Gasteiger partial charge in [-0.25, -0.2) is 4.98 Å². The molecule has 2 aromatic heterocycles. The minimum absolute atomic E-state index is 0.0341. The zero-order valence-corrected chi connectivity index (χ0v) is 16.0. The van der Waals surface area contributed by atoms with Crippen LogP contribution in [0, 0.1) is 6.92 Å². The Balaban J connectivity index is 1.65. The van der Waals surface area contributed by atoms with E-state index >= 15 is 0 Å². The fourth-order valence-corrected chi connectivity index (χ4v) is 4.97. The molecule has 1 aliphatic rings. The summed E-state index contributed by atoms with van der Waals surface area (Å²) in [6.07, 6.45) is 0.869. The molecule has 1 unspecified atom stereocenters. The minimum atomic E-state index is -0.0341. The number of nitrogens with two attached hydrogens (primary N) is 1. The van der Waals surface area contributed by atoms with Crippen molar-refractivity contribution >= 4 is 49.7 Å². The number of nitrogens with zero attached hydrogens (tertiary/aromatic N) is 2. The molecule has 0 radical (unpaired) electrons. The number of rotatable bonds is 1. The molecule has 0 spiro atoms. The zero-order valence-electron chi connectivity index (χ0n) is 15.2. The van der Waals surface area contributed by atoms with Crippen LogP contribution in [0.3, 0.4) is 0 Å². The fourth-order valence-electron chi connectivity index (χ4n) is 3.95. The fraction of sp³-hybridized carbons (Fsp3) is 0.182. The van der Waals surface area contributed by atoms with E-state index in [-0.39, 0.29) is 11.9 Å². The van der Waals surface area contributed by atoms with Gasteiger partial charge in [-0.2, -0.15) is 0 Å². The number of anilines is 2. The number of aryl methyl sites for hydroxylation is 1. The first-order valence-corrected chi connectivity index (χ1v) is 9.85. The van der Waals surface area contributed by atoms with Gasteiger partial charge in [-0.3, -0.25) is 4.79 Å². The van der Waals surface area contributed by atoms with E-state index in [2.05, 4.69) is 38.1 Å². The van der Waals surface area contributed by atoms with Crippen LogP contribution in [0.15, 0.2) is 48.5 Å². The molecule has 0 saturated heterocycles.